The van der Waals surface area contributed by atoms with Gasteiger partial charge in [-0.3, -0.25) is 4.79 Å². The van der Waals surface area contributed by atoms with Gasteiger partial charge in [-0.2, -0.15) is 0 Å². The Morgan fingerprint density at radius 3 is 2.38 bits per heavy atom. The smallest absolute Gasteiger partial charge is 0.308 e. The fourth-order valence-corrected chi connectivity index (χ4v) is 0.276. The lowest BCUT2D eigenvalue weighted by Crippen LogP contribution is -2.33. The maximum Gasteiger partial charge on any atom is 0.308 e. The van der Waals surface area contributed by atoms with Crippen molar-refractivity contribution in [2.24, 2.45) is 11.5 Å². The highest BCUT2D eigenvalue weighted by Crippen LogP contribution is 1.81. The van der Waals surface area contributed by atoms with Crippen LogP contribution in [0.4, 0.5) is 0 Å². The first-order chi connectivity index (χ1) is 3.66. The molecule has 0 spiro atoms. The van der Waals surface area contributed by atoms with E-state index in [9.17, 15) is 4.79 Å². The lowest BCUT2D eigenvalue weighted by atomic mass is 10.4. The van der Waals surface area contributed by atoms with Crippen LogP contribution >= 0.6 is 0 Å². The maximum atomic E-state index is 10.2. The van der Waals surface area contributed by atoms with E-state index in [1.54, 1.807) is 0 Å². The molecule has 0 atom stereocenters. The molecule has 0 aromatic rings. The summed E-state index contributed by atoms with van der Waals surface area (Å²) in [6.07, 6.45) is -0.515. The molecule has 0 fully saturated rings. The van der Waals surface area contributed by atoms with Crippen LogP contribution in [-0.2, 0) is 9.53 Å². The summed E-state index contributed by atoms with van der Waals surface area (Å²) in [5.41, 5.74) is 10.1. The fourth-order valence-electron chi connectivity index (χ4n) is 0.276. The van der Waals surface area contributed by atoms with E-state index in [-0.39, 0.29) is 12.4 Å². The summed E-state index contributed by atoms with van der Waals surface area (Å²) in [7, 11) is 1.30. The van der Waals surface area contributed by atoms with E-state index >= 15 is 0 Å². The molecule has 4 heteroatoms. The van der Waals surface area contributed by atoms with Gasteiger partial charge in [0.1, 0.15) is 0 Å². The Balaban J connectivity index is 3.25. The monoisotopic (exact) mass is 118 g/mol. The van der Waals surface area contributed by atoms with Crippen LogP contribution in [0, 0.1) is 0 Å². The predicted molar refractivity (Wildman–Crippen MR) is 28.8 cm³/mol. The molecule has 0 aromatic carbocycles. The molecule has 0 saturated carbocycles. The lowest BCUT2D eigenvalue weighted by Gasteiger charge is -2.00. The van der Waals surface area contributed by atoms with Gasteiger partial charge in [-0.15, -0.1) is 0 Å². The molecule has 0 heterocycles. The Morgan fingerprint density at radius 1 is 1.75 bits per heavy atom. The first-order valence-electron chi connectivity index (χ1n) is 2.24. The van der Waals surface area contributed by atoms with Crippen LogP contribution in [-0.4, -0.2) is 19.2 Å². The molecule has 0 aliphatic heterocycles. The minimum Gasteiger partial charge on any atom is -0.469 e. The van der Waals surface area contributed by atoms with Gasteiger partial charge >= 0.3 is 5.97 Å². The molecule has 0 radical (unpaired) electrons. The molecule has 8 heavy (non-hydrogen) atoms. The van der Waals surface area contributed by atoms with Crippen LogP contribution in [0.5, 0.6) is 0 Å². The van der Waals surface area contributed by atoms with E-state index in [0.29, 0.717) is 0 Å². The number of nitrogens with two attached hydrogens (primary N) is 2. The van der Waals surface area contributed by atoms with E-state index in [0.717, 1.165) is 0 Å². The van der Waals surface area contributed by atoms with Gasteiger partial charge in [0, 0.05) is 0 Å². The number of hydrogen-bond donors (Lipinski definition) is 2. The molecular formula is C4H10N2O2. The standard InChI is InChI=1S/C4H10N2O2/c1-8-4(7)2-3(5)6/h3H,2,5-6H2,1H3. The molecule has 0 unspecified atom stereocenters. The molecule has 48 valence electrons. The second-order valence-electron chi connectivity index (χ2n) is 1.44. The second kappa shape index (κ2) is 3.40. The third kappa shape index (κ3) is 3.58. The summed E-state index contributed by atoms with van der Waals surface area (Å²) < 4.78 is 4.26. The van der Waals surface area contributed by atoms with Crippen molar-refractivity contribution < 1.29 is 9.53 Å². The number of carbonyl (C=O) groups excluding carboxylic acids is 1. The van der Waals surface area contributed by atoms with Crippen LogP contribution in [0.25, 0.3) is 0 Å². The minimum atomic E-state index is -0.595. The Labute approximate surface area is 47.8 Å². The predicted octanol–water partition coefficient (Wildman–Crippen LogP) is -1.21. The molecule has 0 aliphatic carbocycles. The van der Waals surface area contributed by atoms with E-state index in [4.69, 9.17) is 11.5 Å². The SMILES string of the molecule is COC(=O)CC(N)N. The zero-order chi connectivity index (χ0) is 6.57. The minimum absolute atomic E-state index is 0.0799. The van der Waals surface area contributed by atoms with Crippen molar-refractivity contribution in [1.29, 1.82) is 0 Å². The third-order valence-corrected chi connectivity index (χ3v) is 0.630. The zero-order valence-electron chi connectivity index (χ0n) is 4.76. The highest BCUT2D eigenvalue weighted by molar-refractivity contribution is 5.69. The normalized spacial score (nSPS) is 9.50. The van der Waals surface area contributed by atoms with Crippen LogP contribution in [0.2, 0.25) is 0 Å². The lowest BCUT2D eigenvalue weighted by molar-refractivity contribution is -0.140. The molecule has 0 aliphatic rings. The summed E-state index contributed by atoms with van der Waals surface area (Å²) in [4.78, 5) is 10.2. The van der Waals surface area contributed by atoms with Crippen molar-refractivity contribution >= 4 is 5.97 Å². The summed E-state index contributed by atoms with van der Waals surface area (Å²) in [5, 5.41) is 0. The summed E-state index contributed by atoms with van der Waals surface area (Å²) >= 11 is 0. The molecule has 0 rings (SSSR count). The van der Waals surface area contributed by atoms with E-state index in [1.807, 2.05) is 0 Å². The van der Waals surface area contributed by atoms with Crippen molar-refractivity contribution in [2.45, 2.75) is 12.6 Å². The highest BCUT2D eigenvalue weighted by atomic mass is 16.5. The number of methoxy groups -OCH3 is 1. The van der Waals surface area contributed by atoms with Crippen LogP contribution < -0.4 is 11.5 Å². The third-order valence-electron chi connectivity index (χ3n) is 0.630. The van der Waals surface area contributed by atoms with Crippen LogP contribution in [0.3, 0.4) is 0 Å². The zero-order valence-corrected chi connectivity index (χ0v) is 4.76. The number of ether oxygens (including phenoxy) is 1. The Bertz CT molecular complexity index is 82.1. The second-order valence-corrected chi connectivity index (χ2v) is 1.44. The van der Waals surface area contributed by atoms with Gasteiger partial charge in [0.15, 0.2) is 0 Å². The molecule has 4 nitrogen and oxygen atoms in total. The van der Waals surface area contributed by atoms with E-state index < -0.39 is 6.17 Å². The average Bonchev–Trinajstić information content (AvgIpc) is 1.65. The Kier molecular flexibility index (Phi) is 3.14. The molecule has 0 saturated heterocycles. The van der Waals surface area contributed by atoms with Gasteiger partial charge in [-0.1, -0.05) is 0 Å². The fraction of sp³-hybridized carbons (Fsp3) is 0.750. The van der Waals surface area contributed by atoms with Crippen molar-refractivity contribution in [3.63, 3.8) is 0 Å². The van der Waals surface area contributed by atoms with Gasteiger partial charge in [0.05, 0.1) is 19.7 Å². The largest absolute Gasteiger partial charge is 0.469 e. The number of carbonyl (C=O) groups is 1. The van der Waals surface area contributed by atoms with Gasteiger partial charge in [-0.05, 0) is 0 Å². The van der Waals surface area contributed by atoms with Gasteiger partial charge < -0.3 is 16.2 Å². The quantitative estimate of drug-likeness (QED) is 0.352. The topological polar surface area (TPSA) is 78.3 Å². The molecular weight excluding hydrogens is 108 g/mol. The first-order valence-corrected chi connectivity index (χ1v) is 2.24. The summed E-state index contributed by atoms with van der Waals surface area (Å²) in [6, 6.07) is 0. The molecule has 0 bridgehead atoms. The number of esters is 1. The van der Waals surface area contributed by atoms with Crippen LogP contribution in [0.1, 0.15) is 6.42 Å². The number of rotatable bonds is 2. The number of hydrogen-bond acceptors (Lipinski definition) is 4. The molecule has 4 N–H and O–H groups in total. The Hall–Kier alpha value is -0.610. The maximum absolute atomic E-state index is 10.2. The van der Waals surface area contributed by atoms with Gasteiger partial charge in [0.2, 0.25) is 0 Å². The highest BCUT2D eigenvalue weighted by Gasteiger charge is 2.02. The van der Waals surface area contributed by atoms with Crippen molar-refractivity contribution in [1.82, 2.24) is 0 Å². The molecule has 0 amide bonds. The summed E-state index contributed by atoms with van der Waals surface area (Å²) in [5.74, 6) is -0.375. The van der Waals surface area contributed by atoms with E-state index in [2.05, 4.69) is 4.74 Å². The van der Waals surface area contributed by atoms with Crippen LogP contribution in [0.15, 0.2) is 0 Å². The van der Waals surface area contributed by atoms with Gasteiger partial charge in [-0.25, -0.2) is 0 Å². The first kappa shape index (κ1) is 7.39. The van der Waals surface area contributed by atoms with Crippen molar-refractivity contribution in [3.8, 4) is 0 Å². The molecule has 0 aromatic heterocycles. The van der Waals surface area contributed by atoms with Gasteiger partial charge in [0.25, 0.3) is 0 Å². The van der Waals surface area contributed by atoms with Crippen molar-refractivity contribution in [2.75, 3.05) is 7.11 Å². The average molecular weight is 118 g/mol. The van der Waals surface area contributed by atoms with Crippen molar-refractivity contribution in [3.05, 3.63) is 0 Å². The van der Waals surface area contributed by atoms with E-state index in [1.165, 1.54) is 7.11 Å². The Morgan fingerprint density at radius 2 is 2.25 bits per heavy atom. The summed E-state index contributed by atoms with van der Waals surface area (Å²) in [6.45, 7) is 0.